The van der Waals surface area contributed by atoms with E-state index in [4.69, 9.17) is 4.98 Å². The van der Waals surface area contributed by atoms with Crippen LogP contribution in [-0.4, -0.2) is 31.4 Å². The van der Waals surface area contributed by atoms with Gasteiger partial charge in [-0.15, -0.1) is 16.8 Å². The van der Waals surface area contributed by atoms with Gasteiger partial charge in [0.1, 0.15) is 5.69 Å². The summed E-state index contributed by atoms with van der Waals surface area (Å²) in [7, 11) is 0. The van der Waals surface area contributed by atoms with Crippen LogP contribution in [0.15, 0.2) is 72.4 Å². The first-order valence-electron chi connectivity index (χ1n) is 9.95. The van der Waals surface area contributed by atoms with E-state index in [9.17, 15) is 4.79 Å². The molecule has 4 aromatic rings. The number of carbonyl (C=O) groups excluding carboxylic acids is 1. The first kappa shape index (κ1) is 20.8. The van der Waals surface area contributed by atoms with Crippen molar-refractivity contribution in [2.75, 3.05) is 11.1 Å². The average molecular weight is 430 g/mol. The topological polar surface area (TPSA) is 72.7 Å². The molecule has 2 aromatic heterocycles. The van der Waals surface area contributed by atoms with Gasteiger partial charge in [-0.2, -0.15) is 0 Å². The highest BCUT2D eigenvalue weighted by Gasteiger charge is 2.16. The molecule has 31 heavy (non-hydrogen) atoms. The molecule has 0 radical (unpaired) electrons. The van der Waals surface area contributed by atoms with Crippen molar-refractivity contribution in [1.29, 1.82) is 0 Å². The van der Waals surface area contributed by atoms with Crippen molar-refractivity contribution in [2.24, 2.45) is 0 Å². The van der Waals surface area contributed by atoms with Gasteiger partial charge in [0.25, 0.3) is 0 Å². The Kier molecular flexibility index (Phi) is 6.13. The summed E-state index contributed by atoms with van der Waals surface area (Å²) in [5.41, 5.74) is 4.66. The Hall–Kier alpha value is -3.45. The molecule has 0 fully saturated rings. The maximum Gasteiger partial charge on any atom is 0.234 e. The summed E-state index contributed by atoms with van der Waals surface area (Å²) in [5.74, 6) is 0.798. The van der Waals surface area contributed by atoms with Crippen LogP contribution in [0.25, 0.3) is 22.4 Å². The van der Waals surface area contributed by atoms with Crippen molar-refractivity contribution in [3.05, 3.63) is 78.4 Å². The number of amides is 1. The lowest BCUT2D eigenvalue weighted by molar-refractivity contribution is -0.113. The minimum atomic E-state index is -0.0875. The van der Waals surface area contributed by atoms with Crippen LogP contribution in [0.2, 0.25) is 0 Å². The van der Waals surface area contributed by atoms with Crippen LogP contribution in [-0.2, 0) is 11.3 Å². The number of hydrogen-bond donors (Lipinski definition) is 1. The van der Waals surface area contributed by atoms with Crippen LogP contribution >= 0.6 is 11.8 Å². The number of aryl methyl sites for hydroxylation is 2. The number of benzene rings is 2. The van der Waals surface area contributed by atoms with Crippen LogP contribution in [0.3, 0.4) is 0 Å². The molecule has 4 rings (SSSR count). The van der Waals surface area contributed by atoms with Gasteiger partial charge in [0.15, 0.2) is 11.0 Å². The molecule has 6 nitrogen and oxygen atoms in total. The Morgan fingerprint density at radius 3 is 2.77 bits per heavy atom. The van der Waals surface area contributed by atoms with Gasteiger partial charge in [0, 0.05) is 17.6 Å². The minimum absolute atomic E-state index is 0.0875. The lowest BCUT2D eigenvalue weighted by atomic mass is 10.1. The summed E-state index contributed by atoms with van der Waals surface area (Å²) in [6, 6.07) is 17.9. The number of fused-ring (bicyclic) bond motifs is 1. The molecule has 0 atom stereocenters. The fourth-order valence-electron chi connectivity index (χ4n) is 3.34. The number of thioether (sulfide) groups is 1. The summed E-state index contributed by atoms with van der Waals surface area (Å²) in [5, 5.41) is 13.3. The number of rotatable bonds is 7. The molecule has 2 heterocycles. The maximum absolute atomic E-state index is 12.5. The van der Waals surface area contributed by atoms with Crippen molar-refractivity contribution < 1.29 is 4.79 Å². The highest BCUT2D eigenvalue weighted by Crippen LogP contribution is 2.25. The molecule has 0 aliphatic carbocycles. The maximum atomic E-state index is 12.5. The van der Waals surface area contributed by atoms with E-state index >= 15 is 0 Å². The third-order valence-corrected chi connectivity index (χ3v) is 5.81. The number of pyridine rings is 1. The Balaban J connectivity index is 1.52. The molecular weight excluding hydrogens is 406 g/mol. The van der Waals surface area contributed by atoms with Crippen LogP contribution in [0.4, 0.5) is 5.69 Å². The third kappa shape index (κ3) is 4.67. The van der Waals surface area contributed by atoms with E-state index in [0.717, 1.165) is 33.4 Å². The first-order chi connectivity index (χ1) is 15.0. The average Bonchev–Trinajstić information content (AvgIpc) is 3.17. The van der Waals surface area contributed by atoms with Crippen LogP contribution in [0.5, 0.6) is 0 Å². The molecule has 156 valence electrons. The van der Waals surface area contributed by atoms with Crippen molar-refractivity contribution in [3.63, 3.8) is 0 Å². The van der Waals surface area contributed by atoms with E-state index in [1.54, 1.807) is 6.08 Å². The van der Waals surface area contributed by atoms with Crippen LogP contribution in [0.1, 0.15) is 11.1 Å². The van der Waals surface area contributed by atoms with E-state index in [0.29, 0.717) is 17.5 Å². The standard InChI is InChI=1S/C24H23N5OS/c1-4-13-29-23(21-12-10-18-7-5-6-8-20(18)25-21)27-28-24(29)31-15-22(30)26-19-11-9-16(2)14-17(19)3/h4-12,14H,1,13,15H2,2-3H3,(H,26,30). The molecule has 1 N–H and O–H groups in total. The van der Waals surface area contributed by atoms with E-state index in [1.165, 1.54) is 11.8 Å². The number of carbonyl (C=O) groups is 1. The van der Waals surface area contributed by atoms with Gasteiger partial charge in [-0.3, -0.25) is 9.36 Å². The summed E-state index contributed by atoms with van der Waals surface area (Å²) >= 11 is 1.34. The quantitative estimate of drug-likeness (QED) is 0.330. The monoisotopic (exact) mass is 429 g/mol. The molecule has 0 saturated heterocycles. The normalized spacial score (nSPS) is 10.9. The summed E-state index contributed by atoms with van der Waals surface area (Å²) < 4.78 is 1.93. The number of hydrogen-bond acceptors (Lipinski definition) is 5. The second-order valence-electron chi connectivity index (χ2n) is 7.25. The van der Waals surface area contributed by atoms with Gasteiger partial charge >= 0.3 is 0 Å². The largest absolute Gasteiger partial charge is 0.325 e. The molecular formula is C24H23N5OS. The van der Waals surface area contributed by atoms with E-state index in [2.05, 4.69) is 22.1 Å². The molecule has 0 spiro atoms. The fourth-order valence-corrected chi connectivity index (χ4v) is 4.09. The zero-order chi connectivity index (χ0) is 21.8. The molecule has 1 amide bonds. The summed E-state index contributed by atoms with van der Waals surface area (Å²) in [4.78, 5) is 17.2. The fraction of sp³-hybridized carbons (Fsp3) is 0.167. The van der Waals surface area contributed by atoms with Crippen molar-refractivity contribution in [1.82, 2.24) is 19.7 Å². The van der Waals surface area contributed by atoms with Crippen LogP contribution in [0, 0.1) is 13.8 Å². The number of anilines is 1. The predicted molar refractivity (Wildman–Crippen MR) is 126 cm³/mol. The number of nitrogens with zero attached hydrogens (tertiary/aromatic N) is 4. The predicted octanol–water partition coefficient (Wildman–Crippen LogP) is 5.03. The lowest BCUT2D eigenvalue weighted by Gasteiger charge is -2.10. The molecule has 0 aliphatic rings. The second-order valence-corrected chi connectivity index (χ2v) is 8.19. The minimum Gasteiger partial charge on any atom is -0.325 e. The zero-order valence-corrected chi connectivity index (χ0v) is 18.3. The van der Waals surface area contributed by atoms with Gasteiger partial charge in [-0.25, -0.2) is 4.98 Å². The van der Waals surface area contributed by atoms with Gasteiger partial charge in [0.2, 0.25) is 5.91 Å². The SMILES string of the molecule is C=CCn1c(SCC(=O)Nc2ccc(C)cc2C)nnc1-c1ccc2ccccc2n1. The van der Waals surface area contributed by atoms with E-state index < -0.39 is 0 Å². The molecule has 0 bridgehead atoms. The lowest BCUT2D eigenvalue weighted by Crippen LogP contribution is -2.15. The second kappa shape index (κ2) is 9.14. The van der Waals surface area contributed by atoms with E-state index in [-0.39, 0.29) is 11.7 Å². The van der Waals surface area contributed by atoms with Gasteiger partial charge < -0.3 is 5.32 Å². The van der Waals surface area contributed by atoms with Gasteiger partial charge in [0.05, 0.1) is 11.3 Å². The highest BCUT2D eigenvalue weighted by atomic mass is 32.2. The van der Waals surface area contributed by atoms with Gasteiger partial charge in [-0.05, 0) is 37.6 Å². The number of allylic oxidation sites excluding steroid dienone is 1. The Morgan fingerprint density at radius 1 is 1.13 bits per heavy atom. The molecule has 2 aromatic carbocycles. The molecule has 0 saturated carbocycles. The number of nitrogens with one attached hydrogen (secondary N) is 1. The Morgan fingerprint density at radius 2 is 1.97 bits per heavy atom. The smallest absolute Gasteiger partial charge is 0.234 e. The molecule has 7 heteroatoms. The number of aromatic nitrogens is 4. The highest BCUT2D eigenvalue weighted by molar-refractivity contribution is 7.99. The van der Waals surface area contributed by atoms with E-state index in [1.807, 2.05) is 73.0 Å². The third-order valence-electron chi connectivity index (χ3n) is 4.84. The van der Waals surface area contributed by atoms with Crippen molar-refractivity contribution in [2.45, 2.75) is 25.5 Å². The van der Waals surface area contributed by atoms with Crippen molar-refractivity contribution >= 4 is 34.3 Å². The van der Waals surface area contributed by atoms with Crippen LogP contribution < -0.4 is 5.32 Å². The molecule has 0 aliphatic heterocycles. The van der Waals surface area contributed by atoms with Gasteiger partial charge in [-0.1, -0.05) is 59.8 Å². The van der Waals surface area contributed by atoms with Crippen molar-refractivity contribution in [3.8, 4) is 11.5 Å². The molecule has 0 unspecified atom stereocenters. The first-order valence-corrected chi connectivity index (χ1v) is 10.9. The zero-order valence-electron chi connectivity index (χ0n) is 17.5. The summed E-state index contributed by atoms with van der Waals surface area (Å²) in [6.07, 6.45) is 1.79. The Labute approximate surface area is 185 Å². The number of para-hydroxylation sites is 1. The summed E-state index contributed by atoms with van der Waals surface area (Å²) in [6.45, 7) is 8.39. The Bertz CT molecular complexity index is 1260.